The quantitative estimate of drug-likeness (QED) is 0.518. The Balaban J connectivity index is 3.27. The van der Waals surface area contributed by atoms with Crippen LogP contribution in [0.15, 0.2) is 17.7 Å². The first-order chi connectivity index (χ1) is 6.54. The SMILES string of the molecule is C/C(C=O)=C\c1cc(I)cc(C)c1O. The second-order valence-electron chi connectivity index (χ2n) is 3.17. The van der Waals surface area contributed by atoms with Gasteiger partial charge in [0.25, 0.3) is 0 Å². The summed E-state index contributed by atoms with van der Waals surface area (Å²) in [6.45, 7) is 3.55. The first-order valence-electron chi connectivity index (χ1n) is 4.17. The van der Waals surface area contributed by atoms with Crippen molar-refractivity contribution < 1.29 is 9.90 Å². The average Bonchev–Trinajstić information content (AvgIpc) is 2.13. The number of halogens is 1. The average molecular weight is 302 g/mol. The number of carbonyl (C=O) groups is 1. The molecule has 1 aromatic carbocycles. The molecule has 0 aliphatic heterocycles. The molecule has 1 rings (SSSR count). The summed E-state index contributed by atoms with van der Waals surface area (Å²) in [5.41, 5.74) is 2.11. The Labute approximate surface area is 96.8 Å². The van der Waals surface area contributed by atoms with Gasteiger partial charge in [-0.2, -0.15) is 0 Å². The van der Waals surface area contributed by atoms with Crippen molar-refractivity contribution in [2.75, 3.05) is 0 Å². The molecule has 0 saturated carbocycles. The van der Waals surface area contributed by atoms with Crippen LogP contribution in [0.2, 0.25) is 0 Å². The van der Waals surface area contributed by atoms with Crippen LogP contribution in [0.3, 0.4) is 0 Å². The summed E-state index contributed by atoms with van der Waals surface area (Å²) in [4.78, 5) is 10.4. The molecule has 0 aromatic heterocycles. The third kappa shape index (κ3) is 2.57. The number of rotatable bonds is 2. The molecule has 0 bridgehead atoms. The summed E-state index contributed by atoms with van der Waals surface area (Å²) < 4.78 is 1.04. The monoisotopic (exact) mass is 302 g/mol. The van der Waals surface area contributed by atoms with Crippen molar-refractivity contribution in [2.45, 2.75) is 13.8 Å². The number of hydrogen-bond donors (Lipinski definition) is 1. The van der Waals surface area contributed by atoms with Crippen LogP contribution < -0.4 is 0 Å². The summed E-state index contributed by atoms with van der Waals surface area (Å²) in [7, 11) is 0. The van der Waals surface area contributed by atoms with E-state index in [9.17, 15) is 9.90 Å². The van der Waals surface area contributed by atoms with Crippen LogP contribution in [0.1, 0.15) is 18.1 Å². The first-order valence-corrected chi connectivity index (χ1v) is 5.25. The van der Waals surface area contributed by atoms with E-state index in [4.69, 9.17) is 0 Å². The molecule has 0 heterocycles. The number of phenolic OH excluding ortho intramolecular Hbond substituents is 1. The minimum atomic E-state index is 0.242. The zero-order chi connectivity index (χ0) is 10.7. The number of hydrogen-bond acceptors (Lipinski definition) is 2. The molecule has 0 fully saturated rings. The molecule has 0 spiro atoms. The lowest BCUT2D eigenvalue weighted by atomic mass is 10.1. The lowest BCUT2D eigenvalue weighted by Gasteiger charge is -2.04. The van der Waals surface area contributed by atoms with E-state index in [0.29, 0.717) is 11.1 Å². The zero-order valence-electron chi connectivity index (χ0n) is 8.04. The Morgan fingerprint density at radius 3 is 2.71 bits per heavy atom. The summed E-state index contributed by atoms with van der Waals surface area (Å²) in [6.07, 6.45) is 2.45. The highest BCUT2D eigenvalue weighted by molar-refractivity contribution is 14.1. The summed E-state index contributed by atoms with van der Waals surface area (Å²) >= 11 is 2.18. The van der Waals surface area contributed by atoms with Gasteiger partial charge in [-0.1, -0.05) is 0 Å². The molecule has 0 radical (unpaired) electrons. The van der Waals surface area contributed by atoms with Crippen molar-refractivity contribution in [2.24, 2.45) is 0 Å². The molecule has 14 heavy (non-hydrogen) atoms. The summed E-state index contributed by atoms with van der Waals surface area (Å²) in [5, 5.41) is 9.70. The zero-order valence-corrected chi connectivity index (χ0v) is 10.2. The number of aldehydes is 1. The van der Waals surface area contributed by atoms with E-state index in [1.54, 1.807) is 13.0 Å². The third-order valence-electron chi connectivity index (χ3n) is 1.86. The molecule has 3 heteroatoms. The fraction of sp³-hybridized carbons (Fsp3) is 0.182. The molecular weight excluding hydrogens is 291 g/mol. The fourth-order valence-corrected chi connectivity index (χ4v) is 1.95. The third-order valence-corrected chi connectivity index (χ3v) is 2.49. The van der Waals surface area contributed by atoms with Gasteiger partial charge >= 0.3 is 0 Å². The molecular formula is C11H11IO2. The highest BCUT2D eigenvalue weighted by Gasteiger charge is 2.03. The molecule has 74 valence electrons. The van der Waals surface area contributed by atoms with Gasteiger partial charge in [0.05, 0.1) is 0 Å². The maximum Gasteiger partial charge on any atom is 0.145 e. The maximum absolute atomic E-state index is 10.4. The van der Waals surface area contributed by atoms with Crippen LogP contribution in [-0.2, 0) is 4.79 Å². The van der Waals surface area contributed by atoms with E-state index in [0.717, 1.165) is 15.4 Å². The Kier molecular flexibility index (Phi) is 3.69. The van der Waals surface area contributed by atoms with Crippen LogP contribution >= 0.6 is 22.6 Å². The lowest BCUT2D eigenvalue weighted by molar-refractivity contribution is -0.104. The standard InChI is InChI=1S/C11H11IO2/c1-7(6-13)3-9-5-10(12)4-8(2)11(9)14/h3-6,14H,1-2H3/b7-3+. The van der Waals surface area contributed by atoms with E-state index in [-0.39, 0.29) is 5.75 Å². The van der Waals surface area contributed by atoms with Gasteiger partial charge in [-0.3, -0.25) is 4.79 Å². The van der Waals surface area contributed by atoms with Crippen molar-refractivity contribution in [3.63, 3.8) is 0 Å². The van der Waals surface area contributed by atoms with Gasteiger partial charge in [0.1, 0.15) is 12.0 Å². The van der Waals surface area contributed by atoms with Crippen molar-refractivity contribution in [3.05, 3.63) is 32.4 Å². The molecule has 0 aliphatic carbocycles. The van der Waals surface area contributed by atoms with E-state index in [1.807, 2.05) is 19.1 Å². The highest BCUT2D eigenvalue weighted by atomic mass is 127. The number of phenols is 1. The first kappa shape index (κ1) is 11.2. The Morgan fingerprint density at radius 1 is 1.50 bits per heavy atom. The molecule has 0 aliphatic rings. The number of carbonyl (C=O) groups excluding carboxylic acids is 1. The normalized spacial score (nSPS) is 11.5. The van der Waals surface area contributed by atoms with Crippen molar-refractivity contribution in [3.8, 4) is 5.75 Å². The van der Waals surface area contributed by atoms with E-state index in [2.05, 4.69) is 22.6 Å². The maximum atomic E-state index is 10.4. The van der Waals surface area contributed by atoms with E-state index < -0.39 is 0 Å². The van der Waals surface area contributed by atoms with Gasteiger partial charge in [0.2, 0.25) is 0 Å². The van der Waals surface area contributed by atoms with Crippen LogP contribution in [0.5, 0.6) is 5.75 Å². The topological polar surface area (TPSA) is 37.3 Å². The van der Waals surface area contributed by atoms with E-state index in [1.165, 1.54) is 0 Å². The Hall–Kier alpha value is -0.840. The van der Waals surface area contributed by atoms with Gasteiger partial charge in [0.15, 0.2) is 0 Å². The smallest absolute Gasteiger partial charge is 0.145 e. The minimum absolute atomic E-state index is 0.242. The van der Waals surface area contributed by atoms with Crippen molar-refractivity contribution >= 4 is 35.0 Å². The second-order valence-corrected chi connectivity index (χ2v) is 4.41. The fourth-order valence-electron chi connectivity index (χ4n) is 1.15. The molecule has 0 saturated heterocycles. The van der Waals surface area contributed by atoms with Crippen molar-refractivity contribution in [1.82, 2.24) is 0 Å². The molecule has 0 amide bonds. The van der Waals surface area contributed by atoms with Crippen LogP contribution in [0.4, 0.5) is 0 Å². The van der Waals surface area contributed by atoms with Gasteiger partial charge < -0.3 is 5.11 Å². The number of aryl methyl sites for hydroxylation is 1. The Bertz CT molecular complexity index is 395. The predicted octanol–water partition coefficient (Wildman–Crippen LogP) is 2.91. The Morgan fingerprint density at radius 2 is 2.14 bits per heavy atom. The molecule has 0 unspecified atom stereocenters. The lowest BCUT2D eigenvalue weighted by Crippen LogP contribution is -1.85. The van der Waals surface area contributed by atoms with Crippen LogP contribution in [0.25, 0.3) is 6.08 Å². The van der Waals surface area contributed by atoms with Gasteiger partial charge in [-0.15, -0.1) is 0 Å². The molecule has 2 nitrogen and oxygen atoms in total. The predicted molar refractivity (Wildman–Crippen MR) is 65.3 cm³/mol. The second kappa shape index (κ2) is 4.59. The van der Waals surface area contributed by atoms with Gasteiger partial charge in [-0.05, 0) is 65.8 Å². The van der Waals surface area contributed by atoms with Crippen LogP contribution in [-0.4, -0.2) is 11.4 Å². The molecule has 1 aromatic rings. The van der Waals surface area contributed by atoms with Crippen molar-refractivity contribution in [1.29, 1.82) is 0 Å². The summed E-state index contributed by atoms with van der Waals surface area (Å²) in [6, 6.07) is 3.74. The largest absolute Gasteiger partial charge is 0.507 e. The minimum Gasteiger partial charge on any atom is -0.507 e. The summed E-state index contributed by atoms with van der Waals surface area (Å²) in [5.74, 6) is 0.242. The molecule has 1 N–H and O–H groups in total. The number of allylic oxidation sites excluding steroid dienone is 1. The van der Waals surface area contributed by atoms with Gasteiger partial charge in [-0.25, -0.2) is 0 Å². The molecule has 0 atom stereocenters. The number of aromatic hydroxyl groups is 1. The van der Waals surface area contributed by atoms with E-state index >= 15 is 0 Å². The van der Waals surface area contributed by atoms with Gasteiger partial charge in [0, 0.05) is 9.13 Å². The number of benzene rings is 1. The van der Waals surface area contributed by atoms with Crippen LogP contribution in [0, 0.1) is 10.5 Å². The highest BCUT2D eigenvalue weighted by Crippen LogP contribution is 2.26.